The molecule has 142 valence electrons. The van der Waals surface area contributed by atoms with E-state index >= 15 is 0 Å². The van der Waals surface area contributed by atoms with Crippen LogP contribution in [0.15, 0.2) is 82.1 Å². The van der Waals surface area contributed by atoms with Crippen LogP contribution in [0.25, 0.3) is 32.8 Å². The molecule has 2 aromatic carbocycles. The summed E-state index contributed by atoms with van der Waals surface area (Å²) in [5.74, 6) is 0.490. The lowest BCUT2D eigenvalue weighted by Gasteiger charge is -2.00. The molecule has 0 aliphatic rings. The third kappa shape index (κ3) is 3.43. The molecule has 7 heteroatoms. The predicted molar refractivity (Wildman–Crippen MR) is 110 cm³/mol. The van der Waals surface area contributed by atoms with Gasteiger partial charge in [-0.15, -0.1) is 11.3 Å². The summed E-state index contributed by atoms with van der Waals surface area (Å²) in [4.78, 5) is 17.2. The van der Waals surface area contributed by atoms with Crippen LogP contribution < -0.4 is 5.32 Å². The van der Waals surface area contributed by atoms with Gasteiger partial charge in [0.15, 0.2) is 5.58 Å². The average Bonchev–Trinajstić information content (AvgIpc) is 3.52. The lowest BCUT2D eigenvalue weighted by molar-refractivity contribution is 0.0952. The number of thiazole rings is 1. The summed E-state index contributed by atoms with van der Waals surface area (Å²) in [6.45, 7) is 0.328. The maximum atomic E-state index is 12.4. The number of fused-ring (bicyclic) bond motifs is 1. The Hall–Kier alpha value is -3.71. The van der Waals surface area contributed by atoms with Crippen molar-refractivity contribution in [3.63, 3.8) is 0 Å². The van der Waals surface area contributed by atoms with Crippen molar-refractivity contribution in [2.24, 2.45) is 0 Å². The minimum atomic E-state index is -0.204. The molecule has 1 amide bonds. The summed E-state index contributed by atoms with van der Waals surface area (Å²) >= 11 is 1.28. The van der Waals surface area contributed by atoms with Crippen LogP contribution in [0.1, 0.15) is 15.4 Å². The van der Waals surface area contributed by atoms with E-state index in [0.29, 0.717) is 33.5 Å². The van der Waals surface area contributed by atoms with Crippen LogP contribution in [0.2, 0.25) is 0 Å². The third-order valence-corrected chi connectivity index (χ3v) is 5.52. The Kier molecular flexibility index (Phi) is 4.42. The van der Waals surface area contributed by atoms with E-state index in [9.17, 15) is 4.79 Å². The summed E-state index contributed by atoms with van der Waals surface area (Å²) < 4.78 is 10.8. The van der Waals surface area contributed by atoms with E-state index in [4.69, 9.17) is 8.94 Å². The number of carbonyl (C=O) groups is 1. The van der Waals surface area contributed by atoms with Gasteiger partial charge in [0, 0.05) is 0 Å². The van der Waals surface area contributed by atoms with Gasteiger partial charge >= 0.3 is 0 Å². The Morgan fingerprint density at radius 1 is 1.03 bits per heavy atom. The number of nitrogens with zero attached hydrogens (tertiary/aromatic N) is 2. The fourth-order valence-corrected chi connectivity index (χ4v) is 3.89. The molecule has 0 unspecified atom stereocenters. The van der Waals surface area contributed by atoms with E-state index in [1.807, 2.05) is 54.6 Å². The van der Waals surface area contributed by atoms with E-state index in [1.165, 1.54) is 11.3 Å². The second-order valence-electron chi connectivity index (χ2n) is 6.40. The molecule has 0 saturated carbocycles. The van der Waals surface area contributed by atoms with Gasteiger partial charge in [0.25, 0.3) is 5.91 Å². The van der Waals surface area contributed by atoms with Crippen molar-refractivity contribution in [3.8, 4) is 21.8 Å². The maximum absolute atomic E-state index is 12.4. The number of amides is 1. The van der Waals surface area contributed by atoms with Crippen molar-refractivity contribution in [2.45, 2.75) is 6.54 Å². The van der Waals surface area contributed by atoms with Crippen LogP contribution >= 0.6 is 11.3 Å². The molecule has 5 aromatic rings. The van der Waals surface area contributed by atoms with Crippen molar-refractivity contribution in [1.82, 2.24) is 15.5 Å². The second kappa shape index (κ2) is 7.37. The first kappa shape index (κ1) is 17.4. The molecular weight excluding hydrogens is 386 g/mol. The topological polar surface area (TPSA) is 81.2 Å². The highest BCUT2D eigenvalue weighted by atomic mass is 32.1. The zero-order valence-electron chi connectivity index (χ0n) is 15.2. The van der Waals surface area contributed by atoms with E-state index in [0.717, 1.165) is 16.5 Å². The number of rotatable bonds is 5. The molecule has 1 N–H and O–H groups in total. The number of nitrogens with one attached hydrogen (secondary N) is 1. The number of aromatic nitrogens is 2. The van der Waals surface area contributed by atoms with Crippen molar-refractivity contribution in [3.05, 3.63) is 83.8 Å². The van der Waals surface area contributed by atoms with Crippen molar-refractivity contribution in [2.75, 3.05) is 0 Å². The number of benzene rings is 2. The van der Waals surface area contributed by atoms with Crippen LogP contribution in [-0.4, -0.2) is 16.0 Å². The van der Waals surface area contributed by atoms with Crippen LogP contribution in [0, 0.1) is 0 Å². The van der Waals surface area contributed by atoms with Crippen LogP contribution in [0.4, 0.5) is 0 Å². The fraction of sp³-hybridized carbons (Fsp3) is 0.0455. The minimum Gasteiger partial charge on any atom is -0.467 e. The molecule has 0 fully saturated rings. The van der Waals surface area contributed by atoms with Gasteiger partial charge < -0.3 is 14.3 Å². The van der Waals surface area contributed by atoms with Gasteiger partial charge in [0.2, 0.25) is 0 Å². The van der Waals surface area contributed by atoms with Crippen LogP contribution in [-0.2, 0) is 6.54 Å². The van der Waals surface area contributed by atoms with E-state index in [1.54, 1.807) is 18.5 Å². The van der Waals surface area contributed by atoms with Gasteiger partial charge in [-0.05, 0) is 35.4 Å². The first-order valence-electron chi connectivity index (χ1n) is 8.99. The lowest BCUT2D eigenvalue weighted by atomic mass is 10.0. The molecule has 0 bridgehead atoms. The predicted octanol–water partition coefficient (Wildman–Crippen LogP) is 5.14. The largest absolute Gasteiger partial charge is 0.467 e. The highest BCUT2D eigenvalue weighted by molar-refractivity contribution is 7.17. The molecule has 6 nitrogen and oxygen atoms in total. The Labute approximate surface area is 169 Å². The highest BCUT2D eigenvalue weighted by Crippen LogP contribution is 2.33. The molecule has 0 saturated heterocycles. The van der Waals surface area contributed by atoms with Crippen molar-refractivity contribution < 1.29 is 13.7 Å². The van der Waals surface area contributed by atoms with Crippen LogP contribution in [0.5, 0.6) is 0 Å². The molecule has 0 atom stereocenters. The van der Waals surface area contributed by atoms with Gasteiger partial charge in [-0.2, -0.15) is 0 Å². The third-order valence-electron chi connectivity index (χ3n) is 4.51. The summed E-state index contributed by atoms with van der Waals surface area (Å²) in [6, 6.07) is 19.6. The normalized spacial score (nSPS) is 11.0. The minimum absolute atomic E-state index is 0.204. The number of furan rings is 1. The van der Waals surface area contributed by atoms with Crippen LogP contribution in [0.3, 0.4) is 0 Å². The Morgan fingerprint density at radius 3 is 2.76 bits per heavy atom. The smallest absolute Gasteiger partial charge is 0.263 e. The number of carbonyl (C=O) groups excluding carboxylic acids is 1. The molecular formula is C22H15N3O3S. The second-order valence-corrected chi connectivity index (χ2v) is 7.43. The van der Waals surface area contributed by atoms with Gasteiger partial charge in [-0.3, -0.25) is 4.79 Å². The molecule has 5 rings (SSSR count). The Morgan fingerprint density at radius 2 is 1.93 bits per heavy atom. The Bertz CT molecular complexity index is 1270. The van der Waals surface area contributed by atoms with Crippen molar-refractivity contribution in [1.29, 1.82) is 0 Å². The first-order valence-corrected chi connectivity index (χ1v) is 9.81. The van der Waals surface area contributed by atoms with E-state index in [2.05, 4.69) is 15.5 Å². The molecule has 0 radical (unpaired) electrons. The van der Waals surface area contributed by atoms with Gasteiger partial charge in [-0.25, -0.2) is 4.98 Å². The lowest BCUT2D eigenvalue weighted by Crippen LogP contribution is -2.21. The molecule has 0 aliphatic heterocycles. The monoisotopic (exact) mass is 401 g/mol. The van der Waals surface area contributed by atoms with Gasteiger partial charge in [0.1, 0.15) is 21.3 Å². The quantitative estimate of drug-likeness (QED) is 0.441. The summed E-state index contributed by atoms with van der Waals surface area (Å²) in [7, 11) is 0. The summed E-state index contributed by atoms with van der Waals surface area (Å²) in [5.41, 5.74) is 3.48. The number of hydrogen-bond acceptors (Lipinski definition) is 6. The SMILES string of the molecule is O=C(NCc1ccco1)c1cnc(-c2noc3cc(-c4ccccc4)ccc23)s1. The Balaban J connectivity index is 1.39. The van der Waals surface area contributed by atoms with Gasteiger partial charge in [0.05, 0.1) is 24.4 Å². The molecule has 0 spiro atoms. The zero-order valence-corrected chi connectivity index (χ0v) is 16.0. The molecule has 0 aliphatic carbocycles. The summed E-state index contributed by atoms with van der Waals surface area (Å²) in [6.07, 6.45) is 3.13. The maximum Gasteiger partial charge on any atom is 0.263 e. The summed E-state index contributed by atoms with van der Waals surface area (Å²) in [5, 5.41) is 8.50. The average molecular weight is 401 g/mol. The standard InChI is InChI=1S/C22H15N3O3S/c26-21(23-12-16-7-4-10-27-16)19-13-24-22(29-19)20-17-9-8-15(11-18(17)28-25-20)14-5-2-1-3-6-14/h1-11,13H,12H2,(H,23,26). The fourth-order valence-electron chi connectivity index (χ4n) is 3.06. The van der Waals surface area contributed by atoms with E-state index < -0.39 is 0 Å². The zero-order chi connectivity index (χ0) is 19.6. The molecule has 3 aromatic heterocycles. The molecule has 29 heavy (non-hydrogen) atoms. The van der Waals surface area contributed by atoms with Gasteiger partial charge in [-0.1, -0.05) is 41.6 Å². The molecule has 3 heterocycles. The van der Waals surface area contributed by atoms with E-state index in [-0.39, 0.29) is 5.91 Å². The van der Waals surface area contributed by atoms with Crippen molar-refractivity contribution >= 4 is 28.2 Å². The highest BCUT2D eigenvalue weighted by Gasteiger charge is 2.17. The number of hydrogen-bond donors (Lipinski definition) is 1. The first-order chi connectivity index (χ1) is 14.3.